The van der Waals surface area contributed by atoms with Crippen LogP contribution in [0.5, 0.6) is 5.88 Å². The highest BCUT2D eigenvalue weighted by Crippen LogP contribution is 2.32. The van der Waals surface area contributed by atoms with Gasteiger partial charge < -0.3 is 5.11 Å². The van der Waals surface area contributed by atoms with Crippen LogP contribution in [0.15, 0.2) is 37.7 Å². The summed E-state index contributed by atoms with van der Waals surface area (Å²) in [6, 6.07) is 5.74. The van der Waals surface area contributed by atoms with Crippen LogP contribution in [0.1, 0.15) is 18.1 Å². The minimum absolute atomic E-state index is 0.0573. The number of nitro benzene ring substituents is 1. The zero-order valence-corrected chi connectivity index (χ0v) is 14.8. The number of nitro groups is 1. The molecule has 1 aromatic heterocycles. The van der Waals surface area contributed by atoms with Crippen LogP contribution in [0.2, 0.25) is 0 Å². The first-order valence-corrected chi connectivity index (χ1v) is 7.83. The van der Waals surface area contributed by atoms with E-state index in [4.69, 9.17) is 0 Å². The molecule has 0 bridgehead atoms. The minimum atomic E-state index is -0.585. The van der Waals surface area contributed by atoms with Gasteiger partial charge in [0.1, 0.15) is 17.3 Å². The van der Waals surface area contributed by atoms with Gasteiger partial charge in [-0.15, -0.1) is 10.2 Å². The van der Waals surface area contributed by atoms with Gasteiger partial charge in [0.2, 0.25) is 5.88 Å². The lowest BCUT2D eigenvalue weighted by atomic mass is 10.1. The van der Waals surface area contributed by atoms with Crippen molar-refractivity contribution in [3.05, 3.63) is 54.3 Å². The maximum atomic E-state index is 12.4. The summed E-state index contributed by atoms with van der Waals surface area (Å²) < 4.78 is 1.35. The molecule has 2 rings (SSSR count). The largest absolute Gasteiger partial charge is 0.493 e. The maximum absolute atomic E-state index is 12.4. The Hall–Kier alpha value is -3.06. The first-order valence-electron chi connectivity index (χ1n) is 7.03. The summed E-state index contributed by atoms with van der Waals surface area (Å²) in [4.78, 5) is 22.6. The third-order valence-electron chi connectivity index (χ3n) is 3.49. The number of benzene rings is 1. The van der Waals surface area contributed by atoms with Crippen LogP contribution in [0.3, 0.4) is 0 Å². The fourth-order valence-electron chi connectivity index (χ4n) is 2.14. The number of aromatic nitrogens is 1. The molecule has 2 aromatic rings. The number of hydrogen-bond donors (Lipinski definition) is 1. The summed E-state index contributed by atoms with van der Waals surface area (Å²) >= 11 is 3.16. The second-order valence-electron chi connectivity index (χ2n) is 4.93. The maximum Gasteiger partial charge on any atom is 0.281 e. The highest BCUT2D eigenvalue weighted by atomic mass is 79.9. The molecule has 0 atom stereocenters. The van der Waals surface area contributed by atoms with Crippen LogP contribution in [-0.2, 0) is 6.54 Å². The summed E-state index contributed by atoms with van der Waals surface area (Å²) in [5.41, 5.74) is -0.361. The Bertz CT molecular complexity index is 991. The number of pyridine rings is 1. The second-order valence-corrected chi connectivity index (χ2v) is 5.78. The zero-order chi connectivity index (χ0) is 18.7. The number of rotatable bonds is 4. The predicted molar refractivity (Wildman–Crippen MR) is 92.5 cm³/mol. The van der Waals surface area contributed by atoms with E-state index in [9.17, 15) is 25.3 Å². The number of halogens is 1. The molecule has 1 heterocycles. The molecule has 0 unspecified atom stereocenters. The van der Waals surface area contributed by atoms with E-state index in [1.165, 1.54) is 25.1 Å². The lowest BCUT2D eigenvalue weighted by Crippen LogP contribution is -2.20. The molecule has 0 spiro atoms. The Labute approximate surface area is 150 Å². The van der Waals surface area contributed by atoms with E-state index in [-0.39, 0.29) is 34.7 Å². The van der Waals surface area contributed by atoms with Crippen LogP contribution in [0.4, 0.5) is 17.1 Å². The monoisotopic (exact) mass is 405 g/mol. The molecular weight excluding hydrogens is 394 g/mol. The predicted octanol–water partition coefficient (Wildman–Crippen LogP) is 3.84. The van der Waals surface area contributed by atoms with Crippen molar-refractivity contribution in [1.29, 1.82) is 5.26 Å². The van der Waals surface area contributed by atoms with Crippen molar-refractivity contribution >= 4 is 33.0 Å². The van der Waals surface area contributed by atoms with Crippen LogP contribution >= 0.6 is 15.9 Å². The summed E-state index contributed by atoms with van der Waals surface area (Å²) in [6.07, 6.45) is 0. The molecule has 0 saturated carbocycles. The Morgan fingerprint density at radius 2 is 2.12 bits per heavy atom. The summed E-state index contributed by atoms with van der Waals surface area (Å²) in [5.74, 6) is -0.414. The van der Waals surface area contributed by atoms with Crippen molar-refractivity contribution in [3.63, 3.8) is 0 Å². The van der Waals surface area contributed by atoms with Gasteiger partial charge in [0.05, 0.1) is 9.40 Å². The Balaban J connectivity index is 2.58. The molecule has 0 aliphatic rings. The summed E-state index contributed by atoms with van der Waals surface area (Å²) in [5, 5.41) is 37.7. The first-order chi connectivity index (χ1) is 11.8. The van der Waals surface area contributed by atoms with Gasteiger partial charge in [0, 0.05) is 24.2 Å². The van der Waals surface area contributed by atoms with Crippen molar-refractivity contribution in [2.45, 2.75) is 20.4 Å². The first kappa shape index (κ1) is 18.3. The molecule has 1 N–H and O–H groups in total. The Kier molecular flexibility index (Phi) is 5.29. The summed E-state index contributed by atoms with van der Waals surface area (Å²) in [7, 11) is 0. The van der Waals surface area contributed by atoms with Crippen molar-refractivity contribution in [1.82, 2.24) is 4.57 Å². The normalized spacial score (nSPS) is 10.8. The van der Waals surface area contributed by atoms with Gasteiger partial charge in [0.25, 0.3) is 11.2 Å². The van der Waals surface area contributed by atoms with E-state index in [2.05, 4.69) is 26.2 Å². The zero-order valence-electron chi connectivity index (χ0n) is 13.2. The van der Waals surface area contributed by atoms with Gasteiger partial charge in [-0.05, 0) is 35.8 Å². The van der Waals surface area contributed by atoms with E-state index in [0.717, 1.165) is 4.57 Å². The molecule has 0 aliphatic heterocycles. The van der Waals surface area contributed by atoms with Gasteiger partial charge >= 0.3 is 0 Å². The second kappa shape index (κ2) is 7.23. The molecule has 128 valence electrons. The molecule has 10 heteroatoms. The third-order valence-corrected chi connectivity index (χ3v) is 4.12. The molecule has 0 saturated heterocycles. The molecule has 25 heavy (non-hydrogen) atoms. The molecule has 0 amide bonds. The number of aromatic hydroxyl groups is 1. The van der Waals surface area contributed by atoms with Crippen molar-refractivity contribution < 1.29 is 10.0 Å². The van der Waals surface area contributed by atoms with Crippen LogP contribution < -0.4 is 5.56 Å². The van der Waals surface area contributed by atoms with E-state index in [1.54, 1.807) is 6.92 Å². The lowest BCUT2D eigenvalue weighted by Gasteiger charge is -2.10. The fraction of sp³-hybridized carbons (Fsp3) is 0.200. The van der Waals surface area contributed by atoms with Crippen molar-refractivity contribution in [3.8, 4) is 11.9 Å². The average Bonchev–Trinajstić information content (AvgIpc) is 2.56. The molecule has 9 nitrogen and oxygen atoms in total. The van der Waals surface area contributed by atoms with E-state index < -0.39 is 16.4 Å². The highest BCUT2D eigenvalue weighted by molar-refractivity contribution is 9.10. The van der Waals surface area contributed by atoms with E-state index in [0.29, 0.717) is 4.47 Å². The topological polar surface area (TPSA) is 134 Å². The van der Waals surface area contributed by atoms with Crippen LogP contribution in [0, 0.1) is 28.4 Å². The molecule has 1 aromatic carbocycles. The van der Waals surface area contributed by atoms with Gasteiger partial charge in [-0.2, -0.15) is 5.26 Å². The average molecular weight is 406 g/mol. The van der Waals surface area contributed by atoms with E-state index >= 15 is 0 Å². The van der Waals surface area contributed by atoms with Gasteiger partial charge in [-0.25, -0.2) is 0 Å². The van der Waals surface area contributed by atoms with Gasteiger partial charge in [0.15, 0.2) is 5.69 Å². The molecule has 0 radical (unpaired) electrons. The van der Waals surface area contributed by atoms with Crippen molar-refractivity contribution in [2.75, 3.05) is 0 Å². The summed E-state index contributed by atoms with van der Waals surface area (Å²) in [6.45, 7) is 3.29. The van der Waals surface area contributed by atoms with E-state index in [1.807, 2.05) is 6.07 Å². The standard InChI is InChI=1S/C15H12BrN5O4/c1-3-20-14(22)10(7-17)8(2)13(15(20)23)19-18-12-5-4-9(21(24)25)6-11(12)16/h4-6,22H,3H2,1-2H3. The van der Waals surface area contributed by atoms with Crippen LogP contribution in [0.25, 0.3) is 0 Å². The number of azo groups is 1. The number of non-ortho nitro benzene ring substituents is 1. The number of nitrogens with zero attached hydrogens (tertiary/aromatic N) is 5. The molecule has 0 fully saturated rings. The van der Waals surface area contributed by atoms with Gasteiger partial charge in [-0.3, -0.25) is 19.5 Å². The fourth-order valence-corrected chi connectivity index (χ4v) is 2.59. The lowest BCUT2D eigenvalue weighted by molar-refractivity contribution is -0.384. The number of hydrogen-bond acceptors (Lipinski definition) is 7. The SMILES string of the molecule is CCn1c(O)c(C#N)c(C)c(N=Nc2ccc([N+](=O)[O-])cc2Br)c1=O. The minimum Gasteiger partial charge on any atom is -0.493 e. The highest BCUT2D eigenvalue weighted by Gasteiger charge is 2.18. The van der Waals surface area contributed by atoms with Gasteiger partial charge in [-0.1, -0.05) is 0 Å². The Morgan fingerprint density at radius 3 is 2.64 bits per heavy atom. The smallest absolute Gasteiger partial charge is 0.281 e. The Morgan fingerprint density at radius 1 is 1.44 bits per heavy atom. The number of nitriles is 1. The molecular formula is C15H12BrN5O4. The van der Waals surface area contributed by atoms with Crippen LogP contribution in [-0.4, -0.2) is 14.6 Å². The third kappa shape index (κ3) is 3.41. The quantitative estimate of drug-likeness (QED) is 0.468. The van der Waals surface area contributed by atoms with Crippen molar-refractivity contribution in [2.24, 2.45) is 10.2 Å². The molecule has 0 aliphatic carbocycles.